The summed E-state index contributed by atoms with van der Waals surface area (Å²) in [4.78, 5) is 13.2. The van der Waals surface area contributed by atoms with Gasteiger partial charge in [-0.1, -0.05) is 12.1 Å². The Labute approximate surface area is 201 Å². The van der Waals surface area contributed by atoms with Crippen molar-refractivity contribution in [1.29, 1.82) is 0 Å². The molecule has 0 aliphatic heterocycles. The van der Waals surface area contributed by atoms with Crippen LogP contribution in [-0.4, -0.2) is 48.6 Å². The molecule has 0 spiro atoms. The van der Waals surface area contributed by atoms with Gasteiger partial charge in [0.1, 0.15) is 0 Å². The third-order valence-corrected chi connectivity index (χ3v) is 7.19. The van der Waals surface area contributed by atoms with Crippen LogP contribution in [0, 0.1) is 5.92 Å². The number of fused-ring (bicyclic) bond motifs is 2. The van der Waals surface area contributed by atoms with Crippen molar-refractivity contribution in [3.8, 4) is 23.1 Å². The molecular formula is C26H25N7O2. The van der Waals surface area contributed by atoms with E-state index in [2.05, 4.69) is 49.0 Å². The molecule has 0 bridgehead atoms. The molecule has 0 unspecified atom stereocenters. The lowest BCUT2D eigenvalue weighted by Gasteiger charge is -2.11. The van der Waals surface area contributed by atoms with Crippen LogP contribution in [-0.2, 0) is 6.54 Å². The highest BCUT2D eigenvalue weighted by atomic mass is 16.5. The van der Waals surface area contributed by atoms with Crippen molar-refractivity contribution in [3.63, 3.8) is 0 Å². The molecule has 2 saturated carbocycles. The molecule has 0 N–H and O–H groups in total. The molecule has 0 amide bonds. The van der Waals surface area contributed by atoms with E-state index in [1.807, 2.05) is 16.9 Å². The van der Waals surface area contributed by atoms with E-state index in [-0.39, 0.29) is 6.01 Å². The molecule has 9 nitrogen and oxygen atoms in total. The predicted molar refractivity (Wildman–Crippen MR) is 130 cm³/mol. The average Bonchev–Trinajstić information content (AvgIpc) is 3.80. The van der Waals surface area contributed by atoms with E-state index in [4.69, 9.17) is 14.6 Å². The lowest BCUT2D eigenvalue weighted by Crippen LogP contribution is -2.03. The van der Waals surface area contributed by atoms with Crippen molar-refractivity contribution in [2.75, 3.05) is 14.2 Å². The standard InChI is InChI=1S/C26H25N7O2/c1-34-25-21(13-28-26(30-25)35-2)22-11-20(24-27-7-8-32(24)31-22)19-10-18(19)16-5-6-17-12-29-33(23(17)9-16)14-15-3-4-15/h5-9,11-13,15,18-19H,3-4,10,14H2,1-2H3/t18-,19+/m1/s1. The van der Waals surface area contributed by atoms with Crippen LogP contribution >= 0.6 is 0 Å². The molecule has 4 aromatic heterocycles. The van der Waals surface area contributed by atoms with Crippen LogP contribution in [0.25, 0.3) is 27.8 Å². The van der Waals surface area contributed by atoms with Gasteiger partial charge in [-0.2, -0.15) is 15.2 Å². The van der Waals surface area contributed by atoms with Crippen molar-refractivity contribution < 1.29 is 9.47 Å². The predicted octanol–water partition coefficient (Wildman–Crippen LogP) is 4.23. The maximum atomic E-state index is 5.51. The second kappa shape index (κ2) is 7.76. The van der Waals surface area contributed by atoms with Crippen LogP contribution in [0.4, 0.5) is 0 Å². The molecule has 4 heterocycles. The zero-order valence-electron chi connectivity index (χ0n) is 19.6. The third kappa shape index (κ3) is 3.50. The maximum absolute atomic E-state index is 5.51. The Morgan fingerprint density at radius 2 is 1.94 bits per heavy atom. The largest absolute Gasteiger partial charge is 0.480 e. The highest BCUT2D eigenvalue weighted by Gasteiger charge is 2.41. The molecule has 2 aliphatic rings. The van der Waals surface area contributed by atoms with Crippen molar-refractivity contribution >= 4 is 16.6 Å². The van der Waals surface area contributed by atoms with E-state index in [9.17, 15) is 0 Å². The molecule has 1 aromatic carbocycles. The van der Waals surface area contributed by atoms with Crippen molar-refractivity contribution in [1.82, 2.24) is 34.3 Å². The fourth-order valence-corrected chi connectivity index (χ4v) is 5.04. The van der Waals surface area contributed by atoms with Crippen LogP contribution < -0.4 is 9.47 Å². The summed E-state index contributed by atoms with van der Waals surface area (Å²) in [6.45, 7) is 1.02. The number of methoxy groups -OCH3 is 2. The maximum Gasteiger partial charge on any atom is 0.319 e. The smallest absolute Gasteiger partial charge is 0.319 e. The second-order valence-corrected chi connectivity index (χ2v) is 9.50. The SMILES string of the molecule is COc1ncc(-c2cc([C@H]3C[C@@H]3c3ccc4cnn(CC5CC5)c4c3)c3nccn3n2)c(OC)n1. The first-order chi connectivity index (χ1) is 17.2. The molecule has 5 aromatic rings. The third-order valence-electron chi connectivity index (χ3n) is 7.19. The van der Waals surface area contributed by atoms with E-state index in [1.54, 1.807) is 19.5 Å². The Bertz CT molecular complexity index is 1570. The number of imidazole rings is 1. The molecular weight excluding hydrogens is 442 g/mol. The van der Waals surface area contributed by atoms with E-state index >= 15 is 0 Å². The highest BCUT2D eigenvalue weighted by Crippen LogP contribution is 2.56. The van der Waals surface area contributed by atoms with Crippen molar-refractivity contribution in [3.05, 3.63) is 60.2 Å². The zero-order chi connectivity index (χ0) is 23.5. The van der Waals surface area contributed by atoms with Gasteiger partial charge in [0.15, 0.2) is 5.65 Å². The monoisotopic (exact) mass is 467 g/mol. The van der Waals surface area contributed by atoms with E-state index in [0.29, 0.717) is 23.3 Å². The summed E-state index contributed by atoms with van der Waals surface area (Å²) >= 11 is 0. The second-order valence-electron chi connectivity index (χ2n) is 9.50. The minimum atomic E-state index is 0.258. The van der Waals surface area contributed by atoms with Crippen molar-refractivity contribution in [2.24, 2.45) is 5.92 Å². The Morgan fingerprint density at radius 1 is 1.03 bits per heavy atom. The summed E-state index contributed by atoms with van der Waals surface area (Å²) in [6, 6.07) is 9.16. The first kappa shape index (κ1) is 20.4. The van der Waals surface area contributed by atoms with Crippen molar-refractivity contribution in [2.45, 2.75) is 37.6 Å². The minimum absolute atomic E-state index is 0.258. The minimum Gasteiger partial charge on any atom is -0.480 e. The molecule has 7 rings (SSSR count). The van der Waals surface area contributed by atoms with Crippen LogP contribution in [0.5, 0.6) is 11.9 Å². The molecule has 2 fully saturated rings. The van der Waals surface area contributed by atoms with Gasteiger partial charge in [-0.3, -0.25) is 4.68 Å². The topological polar surface area (TPSA) is 92.3 Å². The number of hydrogen-bond donors (Lipinski definition) is 0. The molecule has 0 radical (unpaired) electrons. The van der Waals surface area contributed by atoms with Gasteiger partial charge in [-0.05, 0) is 54.7 Å². The van der Waals surface area contributed by atoms with Gasteiger partial charge in [0.25, 0.3) is 0 Å². The average molecular weight is 468 g/mol. The van der Waals surface area contributed by atoms with Crippen LogP contribution in [0.15, 0.2) is 49.1 Å². The Hall–Kier alpha value is -4.01. The van der Waals surface area contributed by atoms with Gasteiger partial charge in [-0.25, -0.2) is 14.5 Å². The number of aromatic nitrogens is 7. The van der Waals surface area contributed by atoms with Gasteiger partial charge >= 0.3 is 6.01 Å². The summed E-state index contributed by atoms with van der Waals surface area (Å²) in [7, 11) is 3.12. The van der Waals surface area contributed by atoms with E-state index in [1.165, 1.54) is 42.0 Å². The molecule has 2 atom stereocenters. The number of hydrogen-bond acceptors (Lipinski definition) is 7. The first-order valence-corrected chi connectivity index (χ1v) is 12.0. The number of ether oxygens (including phenoxy) is 2. The van der Waals surface area contributed by atoms with Crippen LogP contribution in [0.3, 0.4) is 0 Å². The van der Waals surface area contributed by atoms with E-state index < -0.39 is 0 Å². The van der Waals surface area contributed by atoms with Gasteiger partial charge in [0.2, 0.25) is 5.88 Å². The van der Waals surface area contributed by atoms with Gasteiger partial charge in [0.05, 0.1) is 37.2 Å². The van der Waals surface area contributed by atoms with Gasteiger partial charge < -0.3 is 9.47 Å². The molecule has 176 valence electrons. The molecule has 35 heavy (non-hydrogen) atoms. The van der Waals surface area contributed by atoms with Gasteiger partial charge in [0, 0.05) is 36.1 Å². The Balaban J connectivity index is 1.26. The summed E-state index contributed by atoms with van der Waals surface area (Å²) in [5, 5.41) is 10.6. The summed E-state index contributed by atoms with van der Waals surface area (Å²) in [6.07, 6.45) is 11.1. The zero-order valence-corrected chi connectivity index (χ0v) is 19.6. The van der Waals surface area contributed by atoms with Gasteiger partial charge in [-0.15, -0.1) is 0 Å². The quantitative estimate of drug-likeness (QED) is 0.354. The number of nitrogens with zero attached hydrogens (tertiary/aromatic N) is 7. The number of benzene rings is 1. The van der Waals surface area contributed by atoms with Crippen LogP contribution in [0.1, 0.15) is 42.2 Å². The first-order valence-electron chi connectivity index (χ1n) is 12.0. The molecule has 0 saturated heterocycles. The van der Waals surface area contributed by atoms with Crippen LogP contribution in [0.2, 0.25) is 0 Å². The Kier molecular flexibility index (Phi) is 4.52. The summed E-state index contributed by atoms with van der Waals surface area (Å²) in [5.41, 5.74) is 6.11. The lowest BCUT2D eigenvalue weighted by atomic mass is 10.0. The summed E-state index contributed by atoms with van der Waals surface area (Å²) in [5.74, 6) is 2.02. The fraction of sp³-hybridized carbons (Fsp3) is 0.346. The Morgan fingerprint density at radius 3 is 2.77 bits per heavy atom. The molecule has 9 heteroatoms. The van der Waals surface area contributed by atoms with E-state index in [0.717, 1.165) is 30.2 Å². The summed E-state index contributed by atoms with van der Waals surface area (Å²) < 4.78 is 14.7. The molecule has 2 aliphatic carbocycles. The highest BCUT2D eigenvalue weighted by molar-refractivity contribution is 5.80. The lowest BCUT2D eigenvalue weighted by molar-refractivity contribution is 0.353. The number of rotatable bonds is 7. The normalized spacial score (nSPS) is 19.4. The fourth-order valence-electron chi connectivity index (χ4n) is 5.04.